The number of aromatic amines is 1. The fourth-order valence-electron chi connectivity index (χ4n) is 4.41. The van der Waals surface area contributed by atoms with Crippen molar-refractivity contribution in [2.45, 2.75) is 19.0 Å². The van der Waals surface area contributed by atoms with Crippen LogP contribution in [0.4, 0.5) is 17.1 Å². The monoisotopic (exact) mass is 479 g/mol. The number of H-pyrrole nitrogens is 1. The van der Waals surface area contributed by atoms with Gasteiger partial charge in [0.05, 0.1) is 40.9 Å². The van der Waals surface area contributed by atoms with E-state index in [-0.39, 0.29) is 17.0 Å². The van der Waals surface area contributed by atoms with Crippen LogP contribution in [0.15, 0.2) is 101 Å². The molecule has 3 N–H and O–H groups in total. The summed E-state index contributed by atoms with van der Waals surface area (Å²) in [5, 5.41) is 30.3. The van der Waals surface area contributed by atoms with Crippen molar-refractivity contribution in [3.8, 4) is 0 Å². The van der Waals surface area contributed by atoms with E-state index in [1.807, 2.05) is 65.7 Å². The van der Waals surface area contributed by atoms with E-state index < -0.39 is 0 Å². The van der Waals surface area contributed by atoms with Gasteiger partial charge in [-0.25, -0.2) is 4.98 Å². The first-order valence-electron chi connectivity index (χ1n) is 11.6. The zero-order chi connectivity index (χ0) is 24.5. The number of nitrogens with zero attached hydrogens (tertiary/aromatic N) is 4. The van der Waals surface area contributed by atoms with E-state index in [4.69, 9.17) is 14.7 Å². The van der Waals surface area contributed by atoms with Crippen molar-refractivity contribution in [2.75, 3.05) is 15.6 Å². The van der Waals surface area contributed by atoms with Gasteiger partial charge in [-0.3, -0.25) is 10.2 Å². The van der Waals surface area contributed by atoms with E-state index in [1.54, 1.807) is 30.5 Å². The van der Waals surface area contributed by atoms with E-state index in [1.165, 1.54) is 0 Å². The van der Waals surface area contributed by atoms with Crippen LogP contribution in [0.5, 0.6) is 0 Å². The molecule has 9 heteroatoms. The Hall–Kier alpha value is -4.60. The number of nitrogens with one attached hydrogen (secondary N) is 2. The van der Waals surface area contributed by atoms with Crippen molar-refractivity contribution in [1.29, 1.82) is 0 Å². The lowest BCUT2D eigenvalue weighted by Gasteiger charge is -2.24. The lowest BCUT2D eigenvalue weighted by Crippen LogP contribution is -2.18. The van der Waals surface area contributed by atoms with E-state index in [2.05, 4.69) is 15.3 Å². The number of hydrazone groups is 1. The number of hydrogen-bond acceptors (Lipinski definition) is 8. The number of anilines is 3. The van der Waals surface area contributed by atoms with E-state index in [9.17, 15) is 5.21 Å². The lowest BCUT2D eigenvalue weighted by atomic mass is 10.0. The van der Waals surface area contributed by atoms with Gasteiger partial charge in [-0.1, -0.05) is 24.3 Å². The molecule has 2 aromatic heterocycles. The summed E-state index contributed by atoms with van der Waals surface area (Å²) in [4.78, 5) is 7.94. The average molecular weight is 480 g/mol. The molecule has 0 spiro atoms. The maximum absolute atomic E-state index is 11.2. The van der Waals surface area contributed by atoms with Crippen LogP contribution in [0.25, 0.3) is 11.0 Å². The smallest absolute Gasteiger partial charge is 0.128 e. The number of benzene rings is 3. The number of furan rings is 1. The third kappa shape index (κ3) is 4.28. The van der Waals surface area contributed by atoms with Gasteiger partial charge in [0.25, 0.3) is 0 Å². The molecule has 180 valence electrons. The molecule has 36 heavy (non-hydrogen) atoms. The molecule has 5 aromatic rings. The number of fused-ring (bicyclic) bond motifs is 1. The number of aromatic nitrogens is 2. The summed E-state index contributed by atoms with van der Waals surface area (Å²) in [6.45, 7) is 0.591. The molecule has 0 bridgehead atoms. The van der Waals surface area contributed by atoms with Gasteiger partial charge >= 0.3 is 0 Å². The molecular weight excluding hydrogens is 456 g/mol. The molecule has 9 nitrogen and oxygen atoms in total. The van der Waals surface area contributed by atoms with Crippen molar-refractivity contribution < 1.29 is 9.62 Å². The normalized spacial score (nSPS) is 15.3. The molecule has 0 fully saturated rings. The first kappa shape index (κ1) is 21.9. The second kappa shape index (κ2) is 9.21. The molecule has 1 unspecified atom stereocenters. The molecule has 3 heterocycles. The molecular formula is C27H23N6O3-. The highest BCUT2D eigenvalue weighted by atomic mass is 16.8. The van der Waals surface area contributed by atoms with Gasteiger partial charge in [0.2, 0.25) is 0 Å². The largest absolute Gasteiger partial charge is 0.733 e. The Morgan fingerprint density at radius 3 is 2.56 bits per heavy atom. The first-order chi connectivity index (χ1) is 17.6. The van der Waals surface area contributed by atoms with Gasteiger partial charge in [0.1, 0.15) is 17.6 Å². The zero-order valence-electron chi connectivity index (χ0n) is 19.2. The Labute approximate surface area is 206 Å². The van der Waals surface area contributed by atoms with Crippen LogP contribution in [0.2, 0.25) is 0 Å². The van der Waals surface area contributed by atoms with Crippen LogP contribution >= 0.6 is 0 Å². The summed E-state index contributed by atoms with van der Waals surface area (Å²) in [5.41, 5.74) is 5.85. The van der Waals surface area contributed by atoms with Crippen LogP contribution in [-0.2, 0) is 6.54 Å². The number of para-hydroxylation sites is 2. The highest BCUT2D eigenvalue weighted by Gasteiger charge is 2.31. The fraction of sp³-hybridized carbons (Fsp3) is 0.111. The molecule has 0 radical (unpaired) electrons. The molecule has 1 aliphatic rings. The van der Waals surface area contributed by atoms with Crippen LogP contribution < -0.4 is 15.6 Å². The van der Waals surface area contributed by atoms with E-state index in [0.717, 1.165) is 45.3 Å². The van der Waals surface area contributed by atoms with E-state index >= 15 is 0 Å². The summed E-state index contributed by atoms with van der Waals surface area (Å²) in [6.07, 6.45) is 2.31. The van der Waals surface area contributed by atoms with Gasteiger partial charge in [-0.2, -0.15) is 5.10 Å². The summed E-state index contributed by atoms with van der Waals surface area (Å²) >= 11 is 0. The number of rotatable bonds is 7. The summed E-state index contributed by atoms with van der Waals surface area (Å²) in [5.74, 6) is 1.68. The number of imidazole rings is 1. The molecule has 0 saturated carbocycles. The average Bonchev–Trinajstić information content (AvgIpc) is 3.67. The highest BCUT2D eigenvalue weighted by molar-refractivity contribution is 6.03. The van der Waals surface area contributed by atoms with Crippen molar-refractivity contribution in [3.05, 3.63) is 114 Å². The lowest BCUT2D eigenvalue weighted by molar-refractivity contribution is 0.296. The first-order valence-corrected chi connectivity index (χ1v) is 11.6. The van der Waals surface area contributed by atoms with Crippen LogP contribution in [0.1, 0.15) is 29.6 Å². The van der Waals surface area contributed by atoms with Gasteiger partial charge in [0.15, 0.2) is 0 Å². The van der Waals surface area contributed by atoms with Gasteiger partial charge < -0.3 is 25.2 Å². The maximum Gasteiger partial charge on any atom is 0.128 e. The molecule has 1 atom stereocenters. The van der Waals surface area contributed by atoms with Gasteiger partial charge in [-0.05, 0) is 66.2 Å². The highest BCUT2D eigenvalue weighted by Crippen LogP contribution is 2.37. The van der Waals surface area contributed by atoms with Crippen molar-refractivity contribution in [3.63, 3.8) is 0 Å². The zero-order valence-corrected chi connectivity index (χ0v) is 19.2. The van der Waals surface area contributed by atoms with Crippen molar-refractivity contribution >= 4 is 33.8 Å². The van der Waals surface area contributed by atoms with Crippen LogP contribution in [0.3, 0.4) is 0 Å². The Bertz CT molecular complexity index is 1460. The molecule has 6 rings (SSSR count). The second-order valence-corrected chi connectivity index (χ2v) is 8.55. The topological polar surface area (TPSA) is 116 Å². The molecule has 0 amide bonds. The van der Waals surface area contributed by atoms with Crippen molar-refractivity contribution in [1.82, 2.24) is 9.97 Å². The number of hydrogen-bond donors (Lipinski definition) is 3. The Morgan fingerprint density at radius 2 is 1.83 bits per heavy atom. The third-order valence-corrected chi connectivity index (χ3v) is 6.23. The fourth-order valence-corrected chi connectivity index (χ4v) is 4.41. The predicted molar refractivity (Wildman–Crippen MR) is 139 cm³/mol. The minimum absolute atomic E-state index is 0.121. The summed E-state index contributed by atoms with van der Waals surface area (Å²) in [7, 11) is 0. The quantitative estimate of drug-likeness (QED) is 0.252. The van der Waals surface area contributed by atoms with E-state index in [0.29, 0.717) is 13.0 Å². The minimum Gasteiger partial charge on any atom is -0.733 e. The van der Waals surface area contributed by atoms with Crippen LogP contribution in [0, 0.1) is 5.21 Å². The maximum atomic E-state index is 11.2. The Balaban J connectivity index is 1.20. The SMILES string of the molecule is [O-]N(O)c1ccc(N2N=C(c3ccc(NCc4nc5ccccc5[nH]4)cc3)CC2c2ccco2)cc1. The molecule has 1 aliphatic heterocycles. The standard InChI is InChI=1S/C27H23N6O3/c34-33(35)21-13-11-20(12-14-21)32-25(26-6-3-15-36-26)16-24(31-32)18-7-9-19(10-8-18)28-17-27-29-22-4-1-2-5-23(22)30-27/h1-15,25,28,34H,16-17H2,(H,29,30)/q-1. The summed E-state index contributed by atoms with van der Waals surface area (Å²) in [6, 6.07) is 26.4. The Kier molecular flexibility index (Phi) is 5.61. The van der Waals surface area contributed by atoms with Crippen molar-refractivity contribution in [2.24, 2.45) is 5.10 Å². The third-order valence-electron chi connectivity index (χ3n) is 6.23. The molecule has 3 aromatic carbocycles. The minimum atomic E-state index is -0.156. The molecule has 0 saturated heterocycles. The Morgan fingerprint density at radius 1 is 1.03 bits per heavy atom. The van der Waals surface area contributed by atoms with Gasteiger partial charge in [0, 0.05) is 12.1 Å². The van der Waals surface area contributed by atoms with Gasteiger partial charge in [-0.15, -0.1) is 0 Å². The second-order valence-electron chi connectivity index (χ2n) is 8.55. The summed E-state index contributed by atoms with van der Waals surface area (Å²) < 4.78 is 5.70. The van der Waals surface area contributed by atoms with Crippen LogP contribution in [-0.4, -0.2) is 20.9 Å². The predicted octanol–water partition coefficient (Wildman–Crippen LogP) is 5.82. The molecule has 0 aliphatic carbocycles.